The molecule has 6 nitrogen and oxygen atoms in total. The second kappa shape index (κ2) is 7.53. The second-order valence-corrected chi connectivity index (χ2v) is 8.03. The zero-order valence-corrected chi connectivity index (χ0v) is 15.5. The summed E-state index contributed by atoms with van der Waals surface area (Å²) in [7, 11) is 0. The monoisotopic (exact) mass is 369 g/mol. The van der Waals surface area contributed by atoms with E-state index in [4.69, 9.17) is 5.73 Å². The molecular formula is C19H23N5OS. The minimum absolute atomic E-state index is 0.137. The highest BCUT2D eigenvalue weighted by molar-refractivity contribution is 7.09. The molecule has 3 aromatic rings. The normalized spacial score (nSPS) is 16.8. The Morgan fingerprint density at radius 1 is 1.31 bits per heavy atom. The van der Waals surface area contributed by atoms with Gasteiger partial charge in [0.2, 0.25) is 0 Å². The van der Waals surface area contributed by atoms with Crippen LogP contribution >= 0.6 is 11.3 Å². The molecule has 1 atom stereocenters. The molecule has 2 N–H and O–H groups in total. The summed E-state index contributed by atoms with van der Waals surface area (Å²) in [5, 5.41) is 8.23. The molecule has 1 aliphatic rings. The van der Waals surface area contributed by atoms with Crippen molar-refractivity contribution in [1.82, 2.24) is 19.7 Å². The minimum atomic E-state index is -0.339. The van der Waals surface area contributed by atoms with Crippen molar-refractivity contribution in [2.24, 2.45) is 5.92 Å². The van der Waals surface area contributed by atoms with E-state index in [9.17, 15) is 4.79 Å². The molecule has 0 saturated heterocycles. The van der Waals surface area contributed by atoms with Crippen LogP contribution < -0.4 is 5.73 Å². The molecule has 1 fully saturated rings. The second-order valence-electron chi connectivity index (χ2n) is 7.05. The molecule has 0 aromatic carbocycles. The number of rotatable bonds is 6. The Kier molecular flexibility index (Phi) is 4.97. The lowest BCUT2D eigenvalue weighted by molar-refractivity contribution is -0.122. The quantitative estimate of drug-likeness (QED) is 0.714. The number of fused-ring (bicyclic) bond motifs is 1. The van der Waals surface area contributed by atoms with Crippen LogP contribution in [-0.4, -0.2) is 25.5 Å². The van der Waals surface area contributed by atoms with Crippen LogP contribution in [0.1, 0.15) is 49.6 Å². The molecule has 0 radical (unpaired) electrons. The highest BCUT2D eigenvalue weighted by Gasteiger charge is 2.29. The zero-order valence-electron chi connectivity index (χ0n) is 14.7. The summed E-state index contributed by atoms with van der Waals surface area (Å²) in [5.41, 5.74) is 7.10. The third kappa shape index (κ3) is 3.49. The number of pyridine rings is 1. The van der Waals surface area contributed by atoms with Gasteiger partial charge in [-0.15, -0.1) is 11.3 Å². The Labute approximate surface area is 156 Å². The SMILES string of the molecule is Nc1c2ccncc2nn1C(CC1CCCCC1)C(=O)Cc1nccs1. The first-order valence-corrected chi connectivity index (χ1v) is 10.1. The third-order valence-electron chi connectivity index (χ3n) is 5.30. The number of nitrogens with two attached hydrogens (primary N) is 1. The van der Waals surface area contributed by atoms with E-state index in [0.717, 1.165) is 22.3 Å². The first-order valence-electron chi connectivity index (χ1n) is 9.21. The Balaban J connectivity index is 1.66. The van der Waals surface area contributed by atoms with Crippen molar-refractivity contribution in [3.63, 3.8) is 0 Å². The van der Waals surface area contributed by atoms with E-state index in [1.54, 1.807) is 23.3 Å². The Hall–Kier alpha value is -2.28. The number of nitrogens with zero attached hydrogens (tertiary/aromatic N) is 4. The molecule has 1 saturated carbocycles. The van der Waals surface area contributed by atoms with Crippen molar-refractivity contribution in [3.8, 4) is 0 Å². The molecule has 0 amide bonds. The van der Waals surface area contributed by atoms with Crippen molar-refractivity contribution in [2.45, 2.75) is 51.0 Å². The number of hydrogen-bond donors (Lipinski definition) is 1. The largest absolute Gasteiger partial charge is 0.383 e. The number of aromatic nitrogens is 4. The standard InChI is InChI=1S/C19H23N5OS/c20-19-14-6-7-21-12-15(14)23-24(19)16(10-13-4-2-1-3-5-13)17(25)11-18-22-8-9-26-18/h6-9,12-13,16H,1-5,10-11,20H2. The lowest BCUT2D eigenvalue weighted by Gasteiger charge is -2.26. The lowest BCUT2D eigenvalue weighted by atomic mass is 9.83. The van der Waals surface area contributed by atoms with E-state index < -0.39 is 0 Å². The average molecular weight is 369 g/mol. The van der Waals surface area contributed by atoms with Gasteiger partial charge in [-0.1, -0.05) is 32.1 Å². The predicted molar refractivity (Wildman–Crippen MR) is 103 cm³/mol. The summed E-state index contributed by atoms with van der Waals surface area (Å²) < 4.78 is 1.73. The molecule has 0 bridgehead atoms. The Morgan fingerprint density at radius 2 is 2.15 bits per heavy atom. The molecule has 136 valence electrons. The van der Waals surface area contributed by atoms with E-state index in [1.807, 2.05) is 11.4 Å². The van der Waals surface area contributed by atoms with Crippen LogP contribution in [0.25, 0.3) is 10.9 Å². The summed E-state index contributed by atoms with van der Waals surface area (Å²) in [6.45, 7) is 0. The number of hydrogen-bond acceptors (Lipinski definition) is 6. The van der Waals surface area contributed by atoms with E-state index in [0.29, 0.717) is 18.2 Å². The summed E-state index contributed by atoms with van der Waals surface area (Å²) in [6.07, 6.45) is 12.4. The number of ketones is 1. The molecule has 26 heavy (non-hydrogen) atoms. The molecule has 1 unspecified atom stereocenters. The van der Waals surface area contributed by atoms with Crippen LogP contribution in [0, 0.1) is 5.92 Å². The fraction of sp³-hybridized carbons (Fsp3) is 0.474. The third-order valence-corrected chi connectivity index (χ3v) is 6.08. The Morgan fingerprint density at radius 3 is 2.88 bits per heavy atom. The topological polar surface area (TPSA) is 86.7 Å². The van der Waals surface area contributed by atoms with E-state index in [-0.39, 0.29) is 11.8 Å². The van der Waals surface area contributed by atoms with Crippen molar-refractivity contribution < 1.29 is 4.79 Å². The van der Waals surface area contributed by atoms with Crippen LogP contribution in [0.5, 0.6) is 0 Å². The zero-order chi connectivity index (χ0) is 17.9. The predicted octanol–water partition coefficient (Wildman–Crippen LogP) is 3.79. The molecule has 3 heterocycles. The van der Waals surface area contributed by atoms with Gasteiger partial charge in [0.25, 0.3) is 0 Å². The molecule has 0 spiro atoms. The highest BCUT2D eigenvalue weighted by atomic mass is 32.1. The smallest absolute Gasteiger partial charge is 0.164 e. The van der Waals surface area contributed by atoms with E-state index in [1.165, 1.54) is 43.4 Å². The van der Waals surface area contributed by atoms with Gasteiger partial charge in [-0.3, -0.25) is 9.78 Å². The average Bonchev–Trinajstić information content (AvgIpc) is 3.29. The molecule has 0 aliphatic heterocycles. The maximum atomic E-state index is 13.1. The number of thiazole rings is 1. The summed E-state index contributed by atoms with van der Waals surface area (Å²) in [5.74, 6) is 1.24. The van der Waals surface area contributed by atoms with Gasteiger partial charge in [0, 0.05) is 23.2 Å². The molecule has 3 aromatic heterocycles. The van der Waals surface area contributed by atoms with Crippen LogP contribution in [0.15, 0.2) is 30.0 Å². The van der Waals surface area contributed by atoms with Crippen molar-refractivity contribution in [1.29, 1.82) is 0 Å². The highest BCUT2D eigenvalue weighted by Crippen LogP contribution is 2.34. The van der Waals surface area contributed by atoms with Gasteiger partial charge in [0.1, 0.15) is 17.4 Å². The number of Topliss-reactive ketones (excluding diaryl/α,β-unsaturated/α-hetero) is 1. The lowest BCUT2D eigenvalue weighted by Crippen LogP contribution is -2.26. The van der Waals surface area contributed by atoms with Gasteiger partial charge in [0.15, 0.2) is 5.78 Å². The van der Waals surface area contributed by atoms with Gasteiger partial charge in [0.05, 0.1) is 17.6 Å². The van der Waals surface area contributed by atoms with Crippen LogP contribution in [0.2, 0.25) is 0 Å². The number of carbonyl (C=O) groups excluding carboxylic acids is 1. The van der Waals surface area contributed by atoms with Crippen LogP contribution in [0.4, 0.5) is 5.82 Å². The first-order chi connectivity index (χ1) is 12.7. The molecular weight excluding hydrogens is 346 g/mol. The van der Waals surface area contributed by atoms with Crippen molar-refractivity contribution in [3.05, 3.63) is 35.0 Å². The summed E-state index contributed by atoms with van der Waals surface area (Å²) in [6, 6.07) is 1.52. The van der Waals surface area contributed by atoms with Gasteiger partial charge in [-0.2, -0.15) is 5.10 Å². The van der Waals surface area contributed by atoms with E-state index >= 15 is 0 Å². The number of nitrogen functional groups attached to an aromatic ring is 1. The van der Waals surface area contributed by atoms with Crippen LogP contribution in [0.3, 0.4) is 0 Å². The maximum Gasteiger partial charge on any atom is 0.164 e. The summed E-state index contributed by atoms with van der Waals surface area (Å²) >= 11 is 1.52. The molecule has 4 rings (SSSR count). The van der Waals surface area contributed by atoms with Crippen LogP contribution in [-0.2, 0) is 11.2 Å². The Bertz CT molecular complexity index is 883. The van der Waals surface area contributed by atoms with Crippen molar-refractivity contribution in [2.75, 3.05) is 5.73 Å². The van der Waals surface area contributed by atoms with Gasteiger partial charge >= 0.3 is 0 Å². The fourth-order valence-corrected chi connectivity index (χ4v) is 4.55. The van der Waals surface area contributed by atoms with Gasteiger partial charge in [-0.25, -0.2) is 9.67 Å². The van der Waals surface area contributed by atoms with Gasteiger partial charge < -0.3 is 5.73 Å². The maximum absolute atomic E-state index is 13.1. The molecule has 7 heteroatoms. The van der Waals surface area contributed by atoms with E-state index in [2.05, 4.69) is 15.1 Å². The first kappa shape index (κ1) is 17.1. The summed E-state index contributed by atoms with van der Waals surface area (Å²) in [4.78, 5) is 21.5. The fourth-order valence-electron chi connectivity index (χ4n) is 3.93. The molecule has 1 aliphatic carbocycles. The van der Waals surface area contributed by atoms with Crippen molar-refractivity contribution >= 4 is 33.8 Å². The number of carbonyl (C=O) groups is 1. The number of anilines is 1. The minimum Gasteiger partial charge on any atom is -0.383 e. The van der Waals surface area contributed by atoms with Gasteiger partial charge in [-0.05, 0) is 18.4 Å².